The van der Waals surface area contributed by atoms with Gasteiger partial charge in [0.2, 0.25) is 0 Å². The van der Waals surface area contributed by atoms with E-state index in [1.807, 2.05) is 17.0 Å². The summed E-state index contributed by atoms with van der Waals surface area (Å²) in [5, 5.41) is 0. The molecule has 0 radical (unpaired) electrons. The van der Waals surface area contributed by atoms with Gasteiger partial charge in [-0.15, -0.1) is 0 Å². The van der Waals surface area contributed by atoms with Gasteiger partial charge in [0.05, 0.1) is 11.6 Å². The third kappa shape index (κ3) is 4.07. The lowest BCUT2D eigenvalue weighted by atomic mass is 9.96. The molecule has 2 heterocycles. The van der Waals surface area contributed by atoms with Crippen LogP contribution in [0.1, 0.15) is 38.9 Å². The van der Waals surface area contributed by atoms with Crippen molar-refractivity contribution in [1.29, 1.82) is 0 Å². The molecule has 1 aliphatic rings. The molecule has 1 aromatic heterocycles. The van der Waals surface area contributed by atoms with Gasteiger partial charge in [-0.3, -0.25) is 9.69 Å². The van der Waals surface area contributed by atoms with Crippen molar-refractivity contribution in [3.05, 3.63) is 105 Å². The van der Waals surface area contributed by atoms with Crippen LogP contribution in [0, 0.1) is 13.8 Å². The lowest BCUT2D eigenvalue weighted by molar-refractivity contribution is 0.0593. The first-order chi connectivity index (χ1) is 14.5. The summed E-state index contributed by atoms with van der Waals surface area (Å²) in [7, 11) is 0. The number of hydrogen-bond donors (Lipinski definition) is 0. The average molecular weight is 402 g/mol. The van der Waals surface area contributed by atoms with Gasteiger partial charge in [0.25, 0.3) is 5.91 Å². The van der Waals surface area contributed by atoms with E-state index in [0.29, 0.717) is 30.0 Å². The Hall–Kier alpha value is -3.18. The Bertz CT molecular complexity index is 1000. The van der Waals surface area contributed by atoms with E-state index < -0.39 is 5.63 Å². The molecule has 154 valence electrons. The van der Waals surface area contributed by atoms with Crippen LogP contribution in [-0.2, 0) is 0 Å². The van der Waals surface area contributed by atoms with E-state index in [4.69, 9.17) is 4.42 Å². The molecule has 0 unspecified atom stereocenters. The standard InChI is InChI=1S/C25H26N2O3/c1-18-17-22(28)30-19(2)23(18)25(29)27-15-13-26(14-16-27)24(20-9-5-3-6-10-20)21-11-7-4-8-12-21/h3-12,17,24H,13-16H2,1-2H3. The quantitative estimate of drug-likeness (QED) is 0.666. The fourth-order valence-electron chi connectivity index (χ4n) is 4.30. The summed E-state index contributed by atoms with van der Waals surface area (Å²) in [5.74, 6) is 0.322. The first-order valence-corrected chi connectivity index (χ1v) is 10.3. The normalized spacial score (nSPS) is 14.8. The molecule has 5 nitrogen and oxygen atoms in total. The van der Waals surface area contributed by atoms with Crippen LogP contribution < -0.4 is 5.63 Å². The monoisotopic (exact) mass is 402 g/mol. The van der Waals surface area contributed by atoms with E-state index in [9.17, 15) is 9.59 Å². The molecule has 1 saturated heterocycles. The van der Waals surface area contributed by atoms with Gasteiger partial charge in [0.15, 0.2) is 0 Å². The third-order valence-electron chi connectivity index (χ3n) is 5.75. The van der Waals surface area contributed by atoms with Crippen LogP contribution in [-0.4, -0.2) is 41.9 Å². The highest BCUT2D eigenvalue weighted by Gasteiger charge is 2.30. The van der Waals surface area contributed by atoms with Crippen molar-refractivity contribution in [2.24, 2.45) is 0 Å². The van der Waals surface area contributed by atoms with Crippen LogP contribution >= 0.6 is 0 Å². The Labute approximate surface area is 176 Å². The molecule has 2 aromatic carbocycles. The predicted molar refractivity (Wildman–Crippen MR) is 117 cm³/mol. The zero-order chi connectivity index (χ0) is 21.1. The van der Waals surface area contributed by atoms with E-state index >= 15 is 0 Å². The predicted octanol–water partition coefficient (Wildman–Crippen LogP) is 3.80. The number of aryl methyl sites for hydroxylation is 2. The first-order valence-electron chi connectivity index (χ1n) is 10.3. The van der Waals surface area contributed by atoms with Gasteiger partial charge in [-0.2, -0.15) is 0 Å². The van der Waals surface area contributed by atoms with Crippen molar-refractivity contribution in [1.82, 2.24) is 9.80 Å². The van der Waals surface area contributed by atoms with E-state index in [1.54, 1.807) is 13.8 Å². The summed E-state index contributed by atoms with van der Waals surface area (Å²) in [6.45, 7) is 6.27. The van der Waals surface area contributed by atoms with Gasteiger partial charge in [-0.1, -0.05) is 60.7 Å². The summed E-state index contributed by atoms with van der Waals surface area (Å²) in [4.78, 5) is 29.0. The van der Waals surface area contributed by atoms with Crippen LogP contribution in [0.25, 0.3) is 0 Å². The number of rotatable bonds is 4. The number of amides is 1. The molecule has 0 aliphatic carbocycles. The lowest BCUT2D eigenvalue weighted by Crippen LogP contribution is -2.50. The minimum absolute atomic E-state index is 0.0654. The van der Waals surface area contributed by atoms with E-state index in [1.165, 1.54) is 17.2 Å². The molecular formula is C25H26N2O3. The number of carbonyl (C=O) groups is 1. The largest absolute Gasteiger partial charge is 0.427 e. The third-order valence-corrected chi connectivity index (χ3v) is 5.75. The van der Waals surface area contributed by atoms with Crippen molar-refractivity contribution >= 4 is 5.91 Å². The molecule has 0 spiro atoms. The molecule has 3 aromatic rings. The topological polar surface area (TPSA) is 53.8 Å². The summed E-state index contributed by atoms with van der Waals surface area (Å²) in [5.41, 5.74) is 3.26. The smallest absolute Gasteiger partial charge is 0.336 e. The number of piperazine rings is 1. The van der Waals surface area contributed by atoms with Crippen LogP contribution in [0.3, 0.4) is 0 Å². The van der Waals surface area contributed by atoms with Crippen molar-refractivity contribution in [2.45, 2.75) is 19.9 Å². The Morgan fingerprint density at radius 3 is 1.90 bits per heavy atom. The zero-order valence-electron chi connectivity index (χ0n) is 17.4. The van der Waals surface area contributed by atoms with Gasteiger partial charge < -0.3 is 9.32 Å². The fraction of sp³-hybridized carbons (Fsp3) is 0.280. The average Bonchev–Trinajstić information content (AvgIpc) is 2.75. The van der Waals surface area contributed by atoms with Crippen LogP contribution in [0.5, 0.6) is 0 Å². The van der Waals surface area contributed by atoms with Crippen LogP contribution in [0.4, 0.5) is 0 Å². The Morgan fingerprint density at radius 2 is 1.40 bits per heavy atom. The Morgan fingerprint density at radius 1 is 0.867 bits per heavy atom. The number of carbonyl (C=O) groups excluding carboxylic acids is 1. The molecule has 0 atom stereocenters. The van der Waals surface area contributed by atoms with Gasteiger partial charge in [-0.05, 0) is 30.5 Å². The summed E-state index contributed by atoms with van der Waals surface area (Å²) in [6, 6.07) is 22.5. The summed E-state index contributed by atoms with van der Waals surface area (Å²) >= 11 is 0. The highest BCUT2D eigenvalue weighted by Crippen LogP contribution is 2.29. The fourth-order valence-corrected chi connectivity index (χ4v) is 4.30. The second-order valence-electron chi connectivity index (χ2n) is 7.73. The first kappa shape index (κ1) is 20.1. The molecule has 4 rings (SSSR count). The number of hydrogen-bond acceptors (Lipinski definition) is 4. The zero-order valence-corrected chi connectivity index (χ0v) is 17.4. The van der Waals surface area contributed by atoms with Gasteiger partial charge >= 0.3 is 5.63 Å². The highest BCUT2D eigenvalue weighted by atomic mass is 16.4. The Balaban J connectivity index is 1.54. The second-order valence-corrected chi connectivity index (χ2v) is 7.73. The van der Waals surface area contributed by atoms with Crippen molar-refractivity contribution in [2.75, 3.05) is 26.2 Å². The second kappa shape index (κ2) is 8.67. The maximum Gasteiger partial charge on any atom is 0.336 e. The lowest BCUT2D eigenvalue weighted by Gasteiger charge is -2.40. The maximum absolute atomic E-state index is 13.1. The molecule has 0 saturated carbocycles. The molecule has 1 fully saturated rings. The summed E-state index contributed by atoms with van der Waals surface area (Å²) < 4.78 is 5.16. The van der Waals surface area contributed by atoms with Gasteiger partial charge in [-0.25, -0.2) is 4.79 Å². The molecule has 0 N–H and O–H groups in total. The number of benzene rings is 2. The van der Waals surface area contributed by atoms with E-state index in [-0.39, 0.29) is 11.9 Å². The molecule has 1 amide bonds. The van der Waals surface area contributed by atoms with Gasteiger partial charge in [0.1, 0.15) is 5.76 Å². The van der Waals surface area contributed by atoms with Gasteiger partial charge in [0, 0.05) is 32.2 Å². The number of nitrogens with zero attached hydrogens (tertiary/aromatic N) is 2. The molecule has 0 bridgehead atoms. The molecule has 30 heavy (non-hydrogen) atoms. The van der Waals surface area contributed by atoms with E-state index in [2.05, 4.69) is 53.4 Å². The van der Waals surface area contributed by atoms with Crippen molar-refractivity contribution in [3.63, 3.8) is 0 Å². The maximum atomic E-state index is 13.1. The highest BCUT2D eigenvalue weighted by molar-refractivity contribution is 5.96. The van der Waals surface area contributed by atoms with E-state index in [0.717, 1.165) is 13.1 Å². The Kier molecular flexibility index (Phi) is 5.81. The van der Waals surface area contributed by atoms with Crippen LogP contribution in [0.2, 0.25) is 0 Å². The minimum Gasteiger partial charge on any atom is -0.427 e. The van der Waals surface area contributed by atoms with Crippen LogP contribution in [0.15, 0.2) is 75.9 Å². The molecule has 1 aliphatic heterocycles. The molecule has 5 heteroatoms. The minimum atomic E-state index is -0.417. The molecular weight excluding hydrogens is 376 g/mol. The van der Waals surface area contributed by atoms with Crippen molar-refractivity contribution in [3.8, 4) is 0 Å². The van der Waals surface area contributed by atoms with Crippen molar-refractivity contribution < 1.29 is 9.21 Å². The SMILES string of the molecule is Cc1cc(=O)oc(C)c1C(=O)N1CCN(C(c2ccccc2)c2ccccc2)CC1. The summed E-state index contributed by atoms with van der Waals surface area (Å²) in [6.07, 6.45) is 0.